The number of hydrogen-bond acceptors (Lipinski definition) is 8. The number of fused-ring (bicyclic) bond motifs is 2. The van der Waals surface area contributed by atoms with Gasteiger partial charge < -0.3 is 34.8 Å². The number of benzene rings is 1. The lowest BCUT2D eigenvalue weighted by atomic mass is 10.0. The minimum Gasteiger partial charge on any atom is -0.479 e. The van der Waals surface area contributed by atoms with Crippen LogP contribution in [0.3, 0.4) is 0 Å². The van der Waals surface area contributed by atoms with E-state index in [-0.39, 0.29) is 31.4 Å². The molecule has 47 heavy (non-hydrogen) atoms. The van der Waals surface area contributed by atoms with E-state index in [4.69, 9.17) is 9.57 Å². The molecule has 2 saturated carbocycles. The Morgan fingerprint density at radius 3 is 2.68 bits per heavy atom. The third-order valence-electron chi connectivity index (χ3n) is 9.61. The number of hydrogen-bond donors (Lipinski definition) is 3. The number of nitrogens with one attached hydrogen (secondary N) is 2. The number of rotatable bonds is 7. The second-order valence-electron chi connectivity index (χ2n) is 12.9. The highest BCUT2D eigenvalue weighted by Gasteiger charge is 2.61. The van der Waals surface area contributed by atoms with Crippen LogP contribution < -0.4 is 10.6 Å². The largest absolute Gasteiger partial charge is 0.479 e. The van der Waals surface area contributed by atoms with Gasteiger partial charge in [-0.15, -0.1) is 0 Å². The third kappa shape index (κ3) is 7.50. The van der Waals surface area contributed by atoms with Crippen LogP contribution in [-0.4, -0.2) is 86.0 Å². The van der Waals surface area contributed by atoms with Gasteiger partial charge in [0.15, 0.2) is 0 Å². The molecule has 13 nitrogen and oxygen atoms in total. The van der Waals surface area contributed by atoms with Crippen LogP contribution in [0.25, 0.3) is 5.69 Å². The number of allylic oxidation sites excluding steroid dienone is 1. The van der Waals surface area contributed by atoms with Gasteiger partial charge in [0, 0.05) is 30.3 Å². The van der Waals surface area contributed by atoms with Crippen LogP contribution in [-0.2, 0) is 24.0 Å². The Balaban J connectivity index is 1.22. The number of amides is 3. The molecule has 2 aliphatic heterocycles. The van der Waals surface area contributed by atoms with Gasteiger partial charge in [0.2, 0.25) is 11.8 Å². The zero-order valence-electron chi connectivity index (χ0n) is 26.3. The van der Waals surface area contributed by atoms with E-state index in [0.717, 1.165) is 56.2 Å². The molecule has 6 rings (SSSR count). The molecule has 0 bridgehead atoms. The third-order valence-corrected chi connectivity index (χ3v) is 9.61. The molecule has 5 atom stereocenters. The smallest absolute Gasteiger partial charge is 0.408 e. The molecule has 13 heteroatoms. The van der Waals surface area contributed by atoms with Crippen molar-refractivity contribution in [3.8, 4) is 5.69 Å². The number of carboxylic acids is 1. The van der Waals surface area contributed by atoms with Gasteiger partial charge in [0.25, 0.3) is 0 Å². The number of alkyl carbamates (subject to hydrolysis) is 1. The second-order valence-corrected chi connectivity index (χ2v) is 12.9. The summed E-state index contributed by atoms with van der Waals surface area (Å²) in [6.45, 7) is 0.0384. The van der Waals surface area contributed by atoms with Crippen LogP contribution in [0, 0.1) is 5.92 Å². The lowest BCUT2D eigenvalue weighted by Crippen LogP contribution is -2.56. The average Bonchev–Trinajstić information content (AvgIpc) is 3.55. The molecule has 1 unspecified atom stereocenters. The molecule has 3 amide bonds. The first kappa shape index (κ1) is 32.3. The van der Waals surface area contributed by atoms with E-state index in [0.29, 0.717) is 12.8 Å². The summed E-state index contributed by atoms with van der Waals surface area (Å²) in [5.41, 5.74) is 0.198. The monoisotopic (exact) mass is 646 g/mol. The van der Waals surface area contributed by atoms with E-state index in [9.17, 15) is 24.3 Å². The number of carbonyl (C=O) groups excluding carboxylic acids is 3. The Labute approximate surface area is 273 Å². The molecule has 4 aliphatic rings. The Morgan fingerprint density at radius 2 is 1.89 bits per heavy atom. The van der Waals surface area contributed by atoms with Crippen molar-refractivity contribution < 1.29 is 33.9 Å². The van der Waals surface area contributed by atoms with Crippen molar-refractivity contribution in [1.29, 1.82) is 0 Å². The van der Waals surface area contributed by atoms with Gasteiger partial charge in [-0.1, -0.05) is 48.3 Å². The van der Waals surface area contributed by atoms with Crippen molar-refractivity contribution in [3.05, 3.63) is 60.7 Å². The summed E-state index contributed by atoms with van der Waals surface area (Å²) in [7, 11) is 0. The first-order chi connectivity index (χ1) is 22.8. The van der Waals surface area contributed by atoms with Crippen LogP contribution in [0.1, 0.15) is 76.2 Å². The molecule has 1 aromatic heterocycles. The Kier molecular flexibility index (Phi) is 9.88. The van der Waals surface area contributed by atoms with E-state index in [1.165, 1.54) is 4.90 Å². The fourth-order valence-corrected chi connectivity index (χ4v) is 6.88. The highest BCUT2D eigenvalue weighted by Crippen LogP contribution is 2.45. The predicted molar refractivity (Wildman–Crippen MR) is 171 cm³/mol. The van der Waals surface area contributed by atoms with E-state index in [1.807, 2.05) is 47.2 Å². The minimum absolute atomic E-state index is 0.0384. The van der Waals surface area contributed by atoms with Crippen LogP contribution in [0.2, 0.25) is 0 Å². The minimum atomic E-state index is -1.42. The molecule has 2 aliphatic carbocycles. The highest BCUT2D eigenvalue weighted by molar-refractivity contribution is 5.96. The van der Waals surface area contributed by atoms with E-state index in [1.54, 1.807) is 18.7 Å². The lowest BCUT2D eigenvalue weighted by molar-refractivity contribution is -0.145. The fraction of sp³-hybridized carbons (Fsp3) is 0.529. The number of nitrogens with zero attached hydrogens (tertiary/aromatic N) is 4. The van der Waals surface area contributed by atoms with E-state index >= 15 is 0 Å². The van der Waals surface area contributed by atoms with Crippen molar-refractivity contribution in [2.24, 2.45) is 11.1 Å². The molecule has 3 N–H and O–H groups in total. The second kappa shape index (κ2) is 14.4. The first-order valence-corrected chi connectivity index (χ1v) is 16.6. The molecule has 250 valence electrons. The number of ether oxygens (including phenoxy) is 1. The summed E-state index contributed by atoms with van der Waals surface area (Å²) in [6.07, 6.45) is 16.6. The van der Waals surface area contributed by atoms with Crippen molar-refractivity contribution in [2.45, 2.75) is 100 Å². The lowest BCUT2D eigenvalue weighted by Gasteiger charge is -2.29. The summed E-state index contributed by atoms with van der Waals surface area (Å²) >= 11 is 0. The standard InChI is InChI=1S/C34H42N6O7/c41-30-29-18-26(47-36-20-23-10-6-9-15-28(23)39-17-16-35-22-39)21-40(29)31(42)27(37-33(45)46-25-12-7-8-13-25)14-5-3-1-2-4-11-24-19-34(24,38-30)32(43)44/h4,6,9-11,15-17,20,22,24-27,29H,1-3,5,7-8,12-14,18-19,21H2,(H,37,45)(H,38,41)(H,43,44)/b11-4-,36-20+/t24-,26-,27+,29+,34?/m1/s1. The molecule has 0 radical (unpaired) electrons. The number of aliphatic carboxylic acids is 1. The molecule has 3 heterocycles. The summed E-state index contributed by atoms with van der Waals surface area (Å²) in [5.74, 6) is -2.44. The number of carboxylic acid groups (broad SMARTS) is 1. The molecular weight excluding hydrogens is 604 g/mol. The van der Waals surface area contributed by atoms with Crippen LogP contribution in [0.15, 0.2) is 60.3 Å². The molecule has 1 saturated heterocycles. The number of imidazole rings is 1. The Hall–Kier alpha value is -4.68. The van der Waals surface area contributed by atoms with Crippen molar-refractivity contribution >= 4 is 30.1 Å². The Morgan fingerprint density at radius 1 is 1.09 bits per heavy atom. The van der Waals surface area contributed by atoms with Crippen molar-refractivity contribution in [2.75, 3.05) is 6.54 Å². The maximum Gasteiger partial charge on any atom is 0.408 e. The topological polar surface area (TPSA) is 164 Å². The van der Waals surface area contributed by atoms with Crippen LogP contribution >= 0.6 is 0 Å². The van der Waals surface area contributed by atoms with Gasteiger partial charge in [0.1, 0.15) is 29.8 Å². The van der Waals surface area contributed by atoms with Gasteiger partial charge >= 0.3 is 12.1 Å². The summed E-state index contributed by atoms with van der Waals surface area (Å²) < 4.78 is 7.46. The number of oxime groups is 1. The predicted octanol–water partition coefficient (Wildman–Crippen LogP) is 3.71. The van der Waals surface area contributed by atoms with E-state index < -0.39 is 47.6 Å². The molecule has 0 spiro atoms. The van der Waals surface area contributed by atoms with Crippen LogP contribution in [0.5, 0.6) is 0 Å². The summed E-state index contributed by atoms with van der Waals surface area (Å²) in [4.78, 5) is 64.6. The number of carbonyl (C=O) groups is 4. The molecular formula is C34H42N6O7. The van der Waals surface area contributed by atoms with Gasteiger partial charge in [0.05, 0.1) is 24.8 Å². The van der Waals surface area contributed by atoms with Gasteiger partial charge in [-0.05, 0) is 57.4 Å². The highest BCUT2D eigenvalue weighted by atomic mass is 16.6. The van der Waals surface area contributed by atoms with Gasteiger partial charge in [-0.3, -0.25) is 9.59 Å². The number of aromatic nitrogens is 2. The van der Waals surface area contributed by atoms with Gasteiger partial charge in [-0.25, -0.2) is 14.6 Å². The molecule has 2 aromatic rings. The first-order valence-electron chi connectivity index (χ1n) is 16.6. The zero-order chi connectivity index (χ0) is 32.8. The average molecular weight is 647 g/mol. The fourth-order valence-electron chi connectivity index (χ4n) is 6.88. The van der Waals surface area contributed by atoms with Crippen molar-refractivity contribution in [3.63, 3.8) is 0 Å². The maximum absolute atomic E-state index is 14.1. The van der Waals surface area contributed by atoms with E-state index in [2.05, 4.69) is 20.8 Å². The Bertz CT molecular complexity index is 1500. The molecule has 1 aromatic carbocycles. The van der Waals surface area contributed by atoms with Crippen LogP contribution in [0.4, 0.5) is 4.79 Å². The summed E-state index contributed by atoms with van der Waals surface area (Å²) in [6, 6.07) is 5.65. The SMILES string of the molecule is O=C(N[C@H]1CCCCC/C=C\[C@@H]2CC2(C(=O)O)NC(=O)[C@@H]2C[C@@H](O/N=C/c3ccccc3-n3ccnc3)CN2C1=O)OC1CCCC1. The quantitative estimate of drug-likeness (QED) is 0.233. The van der Waals surface area contributed by atoms with Crippen molar-refractivity contribution in [1.82, 2.24) is 25.1 Å². The van der Waals surface area contributed by atoms with Gasteiger partial charge in [-0.2, -0.15) is 0 Å². The zero-order valence-corrected chi connectivity index (χ0v) is 26.3. The number of para-hydroxylation sites is 1. The normalized spacial score (nSPS) is 29.2. The maximum atomic E-state index is 14.1. The summed E-state index contributed by atoms with van der Waals surface area (Å²) in [5, 5.41) is 19.9. The molecule has 3 fully saturated rings.